The first-order valence-electron chi connectivity index (χ1n) is 4.98. The van der Waals surface area contributed by atoms with Gasteiger partial charge in [-0.2, -0.15) is 5.10 Å². The second-order valence-corrected chi connectivity index (χ2v) is 3.60. The zero-order chi connectivity index (χ0) is 10.7. The molecule has 0 aliphatic carbocycles. The molecule has 0 amide bonds. The first kappa shape index (κ1) is 9.98. The van der Waals surface area contributed by atoms with Gasteiger partial charge < -0.3 is 9.73 Å². The van der Waals surface area contributed by atoms with Gasteiger partial charge in [0.2, 0.25) is 0 Å². The number of hydrogen-bond acceptors (Lipinski definition) is 3. The number of furan rings is 1. The maximum absolute atomic E-state index is 5.44. The molecular formula is C11H15N3O. The van der Waals surface area contributed by atoms with Crippen LogP contribution in [0.1, 0.15) is 17.2 Å². The van der Waals surface area contributed by atoms with E-state index in [1.807, 2.05) is 38.4 Å². The maximum atomic E-state index is 5.44. The lowest BCUT2D eigenvalue weighted by molar-refractivity contribution is 0.460. The fraction of sp³-hybridized carbons (Fsp3) is 0.364. The van der Waals surface area contributed by atoms with Gasteiger partial charge in [-0.1, -0.05) is 0 Å². The van der Waals surface area contributed by atoms with E-state index in [0.29, 0.717) is 0 Å². The van der Waals surface area contributed by atoms with Gasteiger partial charge in [-0.15, -0.1) is 0 Å². The summed E-state index contributed by atoms with van der Waals surface area (Å²) < 4.78 is 7.24. The van der Waals surface area contributed by atoms with E-state index >= 15 is 0 Å². The van der Waals surface area contributed by atoms with Crippen LogP contribution in [0.15, 0.2) is 28.8 Å². The van der Waals surface area contributed by atoms with E-state index < -0.39 is 0 Å². The van der Waals surface area contributed by atoms with Gasteiger partial charge in [-0.3, -0.25) is 4.68 Å². The van der Waals surface area contributed by atoms with Crippen molar-refractivity contribution in [1.29, 1.82) is 0 Å². The molecule has 0 spiro atoms. The van der Waals surface area contributed by atoms with Crippen LogP contribution in [0, 0.1) is 6.92 Å². The minimum Gasteiger partial charge on any atom is -0.465 e. The van der Waals surface area contributed by atoms with E-state index in [1.165, 1.54) is 0 Å². The number of aryl methyl sites for hydroxylation is 2. The smallest absolute Gasteiger partial charge is 0.117 e. The summed E-state index contributed by atoms with van der Waals surface area (Å²) >= 11 is 0. The van der Waals surface area contributed by atoms with Crippen LogP contribution in [0.3, 0.4) is 0 Å². The minimum atomic E-state index is 0.740. The second-order valence-electron chi connectivity index (χ2n) is 3.60. The molecule has 80 valence electrons. The Hall–Kier alpha value is -1.55. The van der Waals surface area contributed by atoms with E-state index in [4.69, 9.17) is 4.42 Å². The Morgan fingerprint density at radius 3 is 2.80 bits per heavy atom. The van der Waals surface area contributed by atoms with Gasteiger partial charge in [0.1, 0.15) is 11.5 Å². The van der Waals surface area contributed by atoms with Crippen LogP contribution in [0.25, 0.3) is 0 Å². The molecule has 2 aromatic rings. The van der Waals surface area contributed by atoms with E-state index in [2.05, 4.69) is 10.4 Å². The van der Waals surface area contributed by atoms with Crippen LogP contribution < -0.4 is 5.32 Å². The predicted molar refractivity (Wildman–Crippen MR) is 57.2 cm³/mol. The van der Waals surface area contributed by atoms with Gasteiger partial charge in [-0.25, -0.2) is 0 Å². The Morgan fingerprint density at radius 1 is 1.33 bits per heavy atom. The molecule has 0 saturated heterocycles. The topological polar surface area (TPSA) is 43.0 Å². The highest BCUT2D eigenvalue weighted by atomic mass is 16.3. The second kappa shape index (κ2) is 4.31. The largest absolute Gasteiger partial charge is 0.465 e. The third-order valence-electron chi connectivity index (χ3n) is 2.17. The summed E-state index contributed by atoms with van der Waals surface area (Å²) in [5.74, 6) is 1.91. The van der Waals surface area contributed by atoms with Gasteiger partial charge in [0, 0.05) is 19.8 Å². The van der Waals surface area contributed by atoms with Crippen molar-refractivity contribution < 1.29 is 4.42 Å². The van der Waals surface area contributed by atoms with Crippen LogP contribution >= 0.6 is 0 Å². The summed E-state index contributed by atoms with van der Waals surface area (Å²) in [6, 6.07) is 5.96. The predicted octanol–water partition coefficient (Wildman–Crippen LogP) is 1.61. The van der Waals surface area contributed by atoms with Crippen molar-refractivity contribution in [3.8, 4) is 0 Å². The van der Waals surface area contributed by atoms with E-state index in [9.17, 15) is 0 Å². The number of aromatic nitrogens is 2. The number of rotatable bonds is 4. The monoisotopic (exact) mass is 205 g/mol. The van der Waals surface area contributed by atoms with Gasteiger partial charge in [0.15, 0.2) is 0 Å². The van der Waals surface area contributed by atoms with Gasteiger partial charge in [0.05, 0.1) is 12.2 Å². The Balaban J connectivity index is 1.80. The standard InChI is InChI=1S/C11H15N3O/c1-9-3-4-11(15-9)8-12-7-10-5-6-14(2)13-10/h3-6,12H,7-8H2,1-2H3. The Morgan fingerprint density at radius 2 is 2.20 bits per heavy atom. The summed E-state index contributed by atoms with van der Waals surface area (Å²) in [6.45, 7) is 3.45. The van der Waals surface area contributed by atoms with Gasteiger partial charge in [0.25, 0.3) is 0 Å². The van der Waals surface area contributed by atoms with Crippen molar-refractivity contribution in [1.82, 2.24) is 15.1 Å². The lowest BCUT2D eigenvalue weighted by Crippen LogP contribution is -2.12. The first-order valence-corrected chi connectivity index (χ1v) is 4.98. The average molecular weight is 205 g/mol. The van der Waals surface area contributed by atoms with Crippen molar-refractivity contribution in [2.45, 2.75) is 20.0 Å². The zero-order valence-corrected chi connectivity index (χ0v) is 9.03. The summed E-state index contributed by atoms with van der Waals surface area (Å²) in [4.78, 5) is 0. The summed E-state index contributed by atoms with van der Waals surface area (Å²) in [6.07, 6.45) is 1.94. The maximum Gasteiger partial charge on any atom is 0.117 e. The molecule has 0 aliphatic rings. The molecule has 15 heavy (non-hydrogen) atoms. The average Bonchev–Trinajstić information content (AvgIpc) is 2.76. The molecule has 2 aromatic heterocycles. The highest BCUT2D eigenvalue weighted by Gasteiger charge is 1.99. The summed E-state index contributed by atoms with van der Waals surface area (Å²) in [5, 5.41) is 7.55. The third-order valence-corrected chi connectivity index (χ3v) is 2.17. The van der Waals surface area contributed by atoms with E-state index in [1.54, 1.807) is 4.68 Å². The fourth-order valence-corrected chi connectivity index (χ4v) is 1.45. The molecule has 0 atom stereocenters. The molecule has 0 aliphatic heterocycles. The molecule has 0 unspecified atom stereocenters. The lowest BCUT2D eigenvalue weighted by atomic mass is 10.4. The normalized spacial score (nSPS) is 10.8. The van der Waals surface area contributed by atoms with Crippen molar-refractivity contribution >= 4 is 0 Å². The number of nitrogens with one attached hydrogen (secondary N) is 1. The molecule has 0 aromatic carbocycles. The highest BCUT2D eigenvalue weighted by molar-refractivity contribution is 5.05. The zero-order valence-electron chi connectivity index (χ0n) is 9.03. The highest BCUT2D eigenvalue weighted by Crippen LogP contribution is 2.05. The lowest BCUT2D eigenvalue weighted by Gasteiger charge is -1.99. The van der Waals surface area contributed by atoms with Crippen LogP contribution in [0.5, 0.6) is 0 Å². The van der Waals surface area contributed by atoms with Crippen LogP contribution in [-0.2, 0) is 20.1 Å². The number of hydrogen-bond donors (Lipinski definition) is 1. The van der Waals surface area contributed by atoms with E-state index in [-0.39, 0.29) is 0 Å². The van der Waals surface area contributed by atoms with Crippen molar-refractivity contribution in [3.05, 3.63) is 41.6 Å². The molecule has 0 saturated carbocycles. The van der Waals surface area contributed by atoms with Crippen LogP contribution in [0.4, 0.5) is 0 Å². The van der Waals surface area contributed by atoms with Crippen LogP contribution in [-0.4, -0.2) is 9.78 Å². The SMILES string of the molecule is Cc1ccc(CNCc2ccn(C)n2)o1. The van der Waals surface area contributed by atoms with Gasteiger partial charge in [-0.05, 0) is 25.1 Å². The number of nitrogens with zero attached hydrogens (tertiary/aromatic N) is 2. The quantitative estimate of drug-likeness (QED) is 0.824. The fourth-order valence-electron chi connectivity index (χ4n) is 1.45. The summed E-state index contributed by atoms with van der Waals surface area (Å²) in [7, 11) is 1.92. The molecule has 2 heterocycles. The molecular weight excluding hydrogens is 190 g/mol. The molecule has 4 heteroatoms. The summed E-state index contributed by atoms with van der Waals surface area (Å²) in [5.41, 5.74) is 1.04. The van der Waals surface area contributed by atoms with Gasteiger partial charge >= 0.3 is 0 Å². The molecule has 2 rings (SSSR count). The molecule has 1 N–H and O–H groups in total. The molecule has 4 nitrogen and oxygen atoms in total. The molecule has 0 bridgehead atoms. The van der Waals surface area contributed by atoms with Crippen LogP contribution in [0.2, 0.25) is 0 Å². The van der Waals surface area contributed by atoms with Crippen molar-refractivity contribution in [3.63, 3.8) is 0 Å². The molecule has 0 fully saturated rings. The Labute approximate surface area is 88.9 Å². The first-order chi connectivity index (χ1) is 7.24. The van der Waals surface area contributed by atoms with E-state index in [0.717, 1.165) is 30.3 Å². The Kier molecular flexibility index (Phi) is 2.87. The minimum absolute atomic E-state index is 0.740. The third kappa shape index (κ3) is 2.70. The van der Waals surface area contributed by atoms with Crippen molar-refractivity contribution in [2.75, 3.05) is 0 Å². The Bertz CT molecular complexity index is 390. The van der Waals surface area contributed by atoms with Crippen molar-refractivity contribution in [2.24, 2.45) is 7.05 Å². The molecule has 0 radical (unpaired) electrons.